The maximum absolute atomic E-state index is 13.0. The van der Waals surface area contributed by atoms with Gasteiger partial charge in [0.1, 0.15) is 11.6 Å². The van der Waals surface area contributed by atoms with Crippen molar-refractivity contribution in [1.29, 1.82) is 0 Å². The van der Waals surface area contributed by atoms with E-state index in [0.29, 0.717) is 0 Å². The molecule has 1 aromatic carbocycles. The minimum Gasteiger partial charge on any atom is -0.481 e. The molecule has 0 bridgehead atoms. The molecule has 0 aromatic heterocycles. The van der Waals surface area contributed by atoms with Gasteiger partial charge in [0.15, 0.2) is 0 Å². The van der Waals surface area contributed by atoms with Gasteiger partial charge in [-0.2, -0.15) is 0 Å². The molecule has 0 unspecified atom stereocenters. The quantitative estimate of drug-likeness (QED) is 0.812. The summed E-state index contributed by atoms with van der Waals surface area (Å²) in [6.45, 7) is 1.45. The van der Waals surface area contributed by atoms with Gasteiger partial charge in [-0.05, 0) is 30.2 Å². The number of carboxylic acids is 1. The van der Waals surface area contributed by atoms with E-state index < -0.39 is 23.5 Å². The van der Waals surface area contributed by atoms with E-state index in [1.54, 1.807) is 0 Å². The first-order valence-corrected chi connectivity index (χ1v) is 4.17. The zero-order valence-corrected chi connectivity index (χ0v) is 7.63. The number of rotatable bonds is 3. The van der Waals surface area contributed by atoms with Crippen molar-refractivity contribution < 1.29 is 18.7 Å². The first kappa shape index (κ1) is 10.6. The molecule has 0 amide bonds. The maximum Gasteiger partial charge on any atom is 0.306 e. The smallest absolute Gasteiger partial charge is 0.306 e. The van der Waals surface area contributed by atoms with Crippen LogP contribution in [0.15, 0.2) is 18.2 Å². The van der Waals surface area contributed by atoms with Gasteiger partial charge in [0.05, 0.1) is 5.92 Å². The molecule has 14 heavy (non-hydrogen) atoms. The molecule has 0 aliphatic heterocycles. The fraction of sp³-hybridized carbons (Fsp3) is 0.300. The van der Waals surface area contributed by atoms with Crippen molar-refractivity contribution in [3.8, 4) is 0 Å². The first-order chi connectivity index (χ1) is 6.50. The normalized spacial score (nSPS) is 12.5. The van der Waals surface area contributed by atoms with E-state index >= 15 is 0 Å². The zero-order chi connectivity index (χ0) is 10.7. The van der Waals surface area contributed by atoms with Gasteiger partial charge in [-0.15, -0.1) is 0 Å². The predicted octanol–water partition coefficient (Wildman–Crippen LogP) is 2.23. The molecular weight excluding hydrogens is 190 g/mol. The summed E-state index contributed by atoms with van der Waals surface area (Å²) in [6.07, 6.45) is -0.00106. The molecule has 1 N–H and O–H groups in total. The molecule has 0 heterocycles. The van der Waals surface area contributed by atoms with E-state index in [0.717, 1.165) is 18.2 Å². The maximum atomic E-state index is 13.0. The van der Waals surface area contributed by atoms with Crippen molar-refractivity contribution in [2.24, 2.45) is 5.92 Å². The molecule has 0 spiro atoms. The van der Waals surface area contributed by atoms with E-state index in [-0.39, 0.29) is 12.0 Å². The summed E-state index contributed by atoms with van der Waals surface area (Å²) in [5.74, 6) is -2.86. The molecular formula is C10H10F2O2. The third-order valence-electron chi connectivity index (χ3n) is 1.96. The highest BCUT2D eigenvalue weighted by atomic mass is 19.1. The second kappa shape index (κ2) is 4.17. The second-order valence-electron chi connectivity index (χ2n) is 3.18. The number of benzene rings is 1. The monoisotopic (exact) mass is 200 g/mol. The summed E-state index contributed by atoms with van der Waals surface area (Å²) in [4.78, 5) is 10.5. The van der Waals surface area contributed by atoms with Gasteiger partial charge in [0.25, 0.3) is 0 Å². The van der Waals surface area contributed by atoms with Crippen LogP contribution in [0.3, 0.4) is 0 Å². The lowest BCUT2D eigenvalue weighted by Crippen LogP contribution is -2.13. The Kier molecular flexibility index (Phi) is 3.17. The van der Waals surface area contributed by atoms with Crippen LogP contribution in [0.2, 0.25) is 0 Å². The van der Waals surface area contributed by atoms with Crippen LogP contribution in [0.5, 0.6) is 0 Å². The number of aliphatic carboxylic acids is 1. The van der Waals surface area contributed by atoms with Crippen molar-refractivity contribution in [2.75, 3.05) is 0 Å². The van der Waals surface area contributed by atoms with Gasteiger partial charge >= 0.3 is 5.97 Å². The minimum absolute atomic E-state index is 0.00106. The van der Waals surface area contributed by atoms with Gasteiger partial charge in [0, 0.05) is 0 Å². The Bertz CT molecular complexity index is 350. The highest BCUT2D eigenvalue weighted by molar-refractivity contribution is 5.69. The van der Waals surface area contributed by atoms with Gasteiger partial charge < -0.3 is 5.11 Å². The molecule has 76 valence electrons. The summed E-state index contributed by atoms with van der Waals surface area (Å²) >= 11 is 0. The summed E-state index contributed by atoms with van der Waals surface area (Å²) in [6, 6.07) is 3.03. The van der Waals surface area contributed by atoms with Crippen LogP contribution < -0.4 is 0 Å². The molecule has 0 saturated heterocycles. The Morgan fingerprint density at radius 3 is 2.71 bits per heavy atom. The summed E-state index contributed by atoms with van der Waals surface area (Å²) in [5, 5.41) is 8.59. The Balaban J connectivity index is 2.85. The van der Waals surface area contributed by atoms with E-state index in [1.807, 2.05) is 0 Å². The highest BCUT2D eigenvalue weighted by Crippen LogP contribution is 2.14. The van der Waals surface area contributed by atoms with Gasteiger partial charge in [-0.3, -0.25) is 4.79 Å². The van der Waals surface area contributed by atoms with Crippen LogP contribution >= 0.6 is 0 Å². The summed E-state index contributed by atoms with van der Waals surface area (Å²) in [7, 11) is 0. The van der Waals surface area contributed by atoms with Crippen molar-refractivity contribution in [3.05, 3.63) is 35.4 Å². The van der Waals surface area contributed by atoms with Gasteiger partial charge in [-0.1, -0.05) is 6.92 Å². The highest BCUT2D eigenvalue weighted by Gasteiger charge is 2.14. The molecule has 0 aliphatic carbocycles. The standard InChI is InChI=1S/C10H10F2O2/c1-6(10(13)14)4-7-5-8(11)2-3-9(7)12/h2-3,5-6H,4H2,1H3,(H,13,14)/t6-/m0/s1. The molecule has 0 radical (unpaired) electrons. The SMILES string of the molecule is C[C@@H](Cc1cc(F)ccc1F)C(=O)O. The van der Waals surface area contributed by atoms with Crippen molar-refractivity contribution in [3.63, 3.8) is 0 Å². The van der Waals surface area contributed by atoms with Crippen LogP contribution in [0.4, 0.5) is 8.78 Å². The van der Waals surface area contributed by atoms with E-state index in [4.69, 9.17) is 5.11 Å². The fourth-order valence-electron chi connectivity index (χ4n) is 1.12. The summed E-state index contributed by atoms with van der Waals surface area (Å²) in [5.41, 5.74) is 0.0971. The molecule has 0 saturated carbocycles. The predicted molar refractivity (Wildman–Crippen MR) is 46.9 cm³/mol. The number of hydrogen-bond acceptors (Lipinski definition) is 1. The molecule has 0 aliphatic rings. The molecule has 0 fully saturated rings. The van der Waals surface area contributed by atoms with E-state index in [9.17, 15) is 13.6 Å². The summed E-state index contributed by atoms with van der Waals surface area (Å²) < 4.78 is 25.7. The van der Waals surface area contributed by atoms with E-state index in [2.05, 4.69) is 0 Å². The van der Waals surface area contributed by atoms with Crippen LogP contribution in [-0.2, 0) is 11.2 Å². The lowest BCUT2D eigenvalue weighted by atomic mass is 10.0. The van der Waals surface area contributed by atoms with Crippen molar-refractivity contribution >= 4 is 5.97 Å². The van der Waals surface area contributed by atoms with E-state index in [1.165, 1.54) is 6.92 Å². The lowest BCUT2D eigenvalue weighted by molar-refractivity contribution is -0.141. The van der Waals surface area contributed by atoms with Crippen molar-refractivity contribution in [2.45, 2.75) is 13.3 Å². The molecule has 4 heteroatoms. The largest absolute Gasteiger partial charge is 0.481 e. The number of hydrogen-bond donors (Lipinski definition) is 1. The second-order valence-corrected chi connectivity index (χ2v) is 3.18. The number of carboxylic acid groups (broad SMARTS) is 1. The van der Waals surface area contributed by atoms with Crippen LogP contribution in [0.25, 0.3) is 0 Å². The average Bonchev–Trinajstić information content (AvgIpc) is 2.11. The Labute approximate surface area is 80.2 Å². The first-order valence-electron chi connectivity index (χ1n) is 4.17. The van der Waals surface area contributed by atoms with Crippen LogP contribution in [-0.4, -0.2) is 11.1 Å². The lowest BCUT2D eigenvalue weighted by Gasteiger charge is -2.06. The molecule has 1 atom stereocenters. The average molecular weight is 200 g/mol. The number of halogens is 2. The minimum atomic E-state index is -1.02. The van der Waals surface area contributed by atoms with Crippen LogP contribution in [0, 0.1) is 17.6 Å². The third-order valence-corrected chi connectivity index (χ3v) is 1.96. The number of carbonyl (C=O) groups is 1. The van der Waals surface area contributed by atoms with Crippen molar-refractivity contribution in [1.82, 2.24) is 0 Å². The molecule has 1 rings (SSSR count). The van der Waals surface area contributed by atoms with Gasteiger partial charge in [-0.25, -0.2) is 8.78 Å². The Morgan fingerprint density at radius 1 is 1.50 bits per heavy atom. The topological polar surface area (TPSA) is 37.3 Å². The van der Waals surface area contributed by atoms with Crippen LogP contribution in [0.1, 0.15) is 12.5 Å². The fourth-order valence-corrected chi connectivity index (χ4v) is 1.12. The Hall–Kier alpha value is -1.45. The molecule has 1 aromatic rings. The zero-order valence-electron chi connectivity index (χ0n) is 7.63. The third kappa shape index (κ3) is 2.52. The van der Waals surface area contributed by atoms with Gasteiger partial charge in [0.2, 0.25) is 0 Å². The Morgan fingerprint density at radius 2 is 2.14 bits per heavy atom. The molecule has 2 nitrogen and oxygen atoms in total.